The molecule has 0 aliphatic carbocycles. The number of nitrogens with one attached hydrogen (secondary N) is 1. The molecular formula is C13H20F2N4O3. The minimum Gasteiger partial charge on any atom is -0.444 e. The summed E-state index contributed by atoms with van der Waals surface area (Å²) >= 11 is 0. The Hall–Kier alpha value is -2.19. The van der Waals surface area contributed by atoms with Gasteiger partial charge in [-0.05, 0) is 20.8 Å². The predicted octanol–water partition coefficient (Wildman–Crippen LogP) is 1.85. The fourth-order valence-electron chi connectivity index (χ4n) is 1.69. The third-order valence-corrected chi connectivity index (χ3v) is 2.50. The number of carbonyl (C=O) groups excluding carboxylic acids is 2. The molecule has 9 heteroatoms. The first kappa shape index (κ1) is 17.9. The van der Waals surface area contributed by atoms with Crippen LogP contribution in [0.2, 0.25) is 0 Å². The SMILES string of the molecule is Cn1cc(N(C=O)CCNC(=O)OC(C)(C)C)c(C(F)F)n1. The topological polar surface area (TPSA) is 76.5 Å². The van der Waals surface area contributed by atoms with Gasteiger partial charge in [0.05, 0.1) is 5.69 Å². The summed E-state index contributed by atoms with van der Waals surface area (Å²) in [6, 6.07) is 0. The standard InChI is InChI=1S/C13H20F2N4O3/c1-13(2,3)22-12(21)16-5-6-19(8-20)9-7-18(4)17-10(9)11(14)15/h7-8,11H,5-6H2,1-4H3,(H,16,21). The van der Waals surface area contributed by atoms with Crippen LogP contribution in [0.5, 0.6) is 0 Å². The Kier molecular flexibility index (Phi) is 5.84. The number of hydrogen-bond donors (Lipinski definition) is 1. The molecule has 1 rings (SSSR count). The normalized spacial score (nSPS) is 11.4. The third kappa shape index (κ3) is 5.30. The van der Waals surface area contributed by atoms with Gasteiger partial charge in [0.15, 0.2) is 5.69 Å². The minimum atomic E-state index is -2.79. The highest BCUT2D eigenvalue weighted by Crippen LogP contribution is 2.27. The summed E-state index contributed by atoms with van der Waals surface area (Å²) in [5.74, 6) is 0. The number of halogens is 2. The van der Waals surface area contributed by atoms with Crippen molar-refractivity contribution in [3.05, 3.63) is 11.9 Å². The van der Waals surface area contributed by atoms with E-state index in [1.54, 1.807) is 20.8 Å². The van der Waals surface area contributed by atoms with E-state index >= 15 is 0 Å². The van der Waals surface area contributed by atoms with Gasteiger partial charge in [-0.2, -0.15) is 5.10 Å². The molecule has 1 aromatic rings. The molecule has 0 aliphatic heterocycles. The van der Waals surface area contributed by atoms with Gasteiger partial charge in [-0.25, -0.2) is 13.6 Å². The lowest BCUT2D eigenvalue weighted by Crippen LogP contribution is -2.37. The summed E-state index contributed by atoms with van der Waals surface area (Å²) in [5.41, 5.74) is -1.11. The van der Waals surface area contributed by atoms with Crippen molar-refractivity contribution in [1.29, 1.82) is 0 Å². The van der Waals surface area contributed by atoms with Gasteiger partial charge in [0, 0.05) is 26.3 Å². The van der Waals surface area contributed by atoms with Gasteiger partial charge in [-0.1, -0.05) is 0 Å². The fourth-order valence-corrected chi connectivity index (χ4v) is 1.69. The molecule has 7 nitrogen and oxygen atoms in total. The number of nitrogens with zero attached hydrogens (tertiary/aromatic N) is 3. The van der Waals surface area contributed by atoms with Crippen molar-refractivity contribution in [1.82, 2.24) is 15.1 Å². The van der Waals surface area contributed by atoms with Gasteiger partial charge in [-0.15, -0.1) is 0 Å². The van der Waals surface area contributed by atoms with E-state index in [2.05, 4.69) is 10.4 Å². The number of anilines is 1. The van der Waals surface area contributed by atoms with Crippen molar-refractivity contribution in [2.45, 2.75) is 32.8 Å². The number of aromatic nitrogens is 2. The Labute approximate surface area is 127 Å². The molecule has 124 valence electrons. The number of ether oxygens (including phenoxy) is 1. The number of rotatable bonds is 6. The third-order valence-electron chi connectivity index (χ3n) is 2.50. The molecule has 0 spiro atoms. The maximum atomic E-state index is 12.9. The quantitative estimate of drug-likeness (QED) is 0.812. The molecular weight excluding hydrogens is 298 g/mol. The summed E-state index contributed by atoms with van der Waals surface area (Å²) in [5, 5.41) is 6.08. The fraction of sp³-hybridized carbons (Fsp3) is 0.615. The van der Waals surface area contributed by atoms with Crippen molar-refractivity contribution in [2.75, 3.05) is 18.0 Å². The molecule has 22 heavy (non-hydrogen) atoms. The molecule has 0 saturated carbocycles. The van der Waals surface area contributed by atoms with E-state index in [1.165, 1.54) is 17.9 Å². The van der Waals surface area contributed by atoms with Gasteiger partial charge in [-0.3, -0.25) is 9.48 Å². The predicted molar refractivity (Wildman–Crippen MR) is 75.8 cm³/mol. The van der Waals surface area contributed by atoms with Crippen molar-refractivity contribution in [3.8, 4) is 0 Å². The van der Waals surface area contributed by atoms with Gasteiger partial charge >= 0.3 is 6.09 Å². The lowest BCUT2D eigenvalue weighted by Gasteiger charge is -2.21. The number of alkyl halides is 2. The molecule has 0 aliphatic rings. The number of hydrogen-bond acceptors (Lipinski definition) is 4. The summed E-state index contributed by atoms with van der Waals surface area (Å²) in [4.78, 5) is 23.6. The second kappa shape index (κ2) is 7.19. The summed E-state index contributed by atoms with van der Waals surface area (Å²) in [6.45, 7) is 5.23. The van der Waals surface area contributed by atoms with Gasteiger partial charge in [0.25, 0.3) is 6.43 Å². The molecule has 0 radical (unpaired) electrons. The Bertz CT molecular complexity index is 526. The van der Waals surface area contributed by atoms with Crippen LogP contribution in [-0.2, 0) is 16.6 Å². The zero-order valence-corrected chi connectivity index (χ0v) is 13.0. The van der Waals surface area contributed by atoms with E-state index in [0.29, 0.717) is 6.41 Å². The van der Waals surface area contributed by atoms with Crippen LogP contribution in [0.15, 0.2) is 6.20 Å². The maximum Gasteiger partial charge on any atom is 0.407 e. The smallest absolute Gasteiger partial charge is 0.407 e. The van der Waals surface area contributed by atoms with E-state index < -0.39 is 23.8 Å². The number of carbonyl (C=O) groups is 2. The van der Waals surface area contributed by atoms with Crippen LogP contribution in [0.4, 0.5) is 19.3 Å². The first-order valence-electron chi connectivity index (χ1n) is 6.64. The largest absolute Gasteiger partial charge is 0.444 e. The Balaban J connectivity index is 2.63. The van der Waals surface area contributed by atoms with Crippen LogP contribution in [0.25, 0.3) is 0 Å². The lowest BCUT2D eigenvalue weighted by atomic mass is 10.2. The van der Waals surface area contributed by atoms with E-state index in [1.807, 2.05) is 0 Å². The second-order valence-corrected chi connectivity index (χ2v) is 5.60. The second-order valence-electron chi connectivity index (χ2n) is 5.60. The molecule has 1 aromatic heterocycles. The average Bonchev–Trinajstić information content (AvgIpc) is 2.74. The molecule has 0 aromatic carbocycles. The zero-order chi connectivity index (χ0) is 16.9. The Morgan fingerprint density at radius 1 is 1.55 bits per heavy atom. The van der Waals surface area contributed by atoms with Crippen LogP contribution in [0.3, 0.4) is 0 Å². The molecule has 0 bridgehead atoms. The first-order valence-corrected chi connectivity index (χ1v) is 6.64. The molecule has 1 N–H and O–H groups in total. The van der Waals surface area contributed by atoms with E-state index in [0.717, 1.165) is 4.90 Å². The highest BCUT2D eigenvalue weighted by molar-refractivity contribution is 5.76. The van der Waals surface area contributed by atoms with Crippen molar-refractivity contribution < 1.29 is 23.1 Å². The van der Waals surface area contributed by atoms with Crippen LogP contribution in [-0.4, -0.2) is 41.0 Å². The molecule has 2 amide bonds. The summed E-state index contributed by atoms with van der Waals surface area (Å²) < 4.78 is 32.0. The van der Waals surface area contributed by atoms with Crippen LogP contribution >= 0.6 is 0 Å². The Morgan fingerprint density at radius 3 is 2.68 bits per heavy atom. The molecule has 0 unspecified atom stereocenters. The van der Waals surface area contributed by atoms with Crippen LogP contribution in [0.1, 0.15) is 32.9 Å². The molecule has 0 saturated heterocycles. The number of alkyl carbamates (subject to hydrolysis) is 1. The van der Waals surface area contributed by atoms with Gasteiger partial charge in [0.2, 0.25) is 6.41 Å². The Morgan fingerprint density at radius 2 is 2.18 bits per heavy atom. The van der Waals surface area contributed by atoms with E-state index in [9.17, 15) is 18.4 Å². The van der Waals surface area contributed by atoms with Crippen LogP contribution < -0.4 is 10.2 Å². The van der Waals surface area contributed by atoms with E-state index in [4.69, 9.17) is 4.74 Å². The van der Waals surface area contributed by atoms with Crippen LogP contribution in [0, 0.1) is 0 Å². The highest BCUT2D eigenvalue weighted by atomic mass is 19.3. The average molecular weight is 318 g/mol. The number of aryl methyl sites for hydroxylation is 1. The lowest BCUT2D eigenvalue weighted by molar-refractivity contribution is -0.107. The number of amides is 2. The zero-order valence-electron chi connectivity index (χ0n) is 13.0. The van der Waals surface area contributed by atoms with Gasteiger partial charge in [0.1, 0.15) is 5.60 Å². The summed E-state index contributed by atoms with van der Waals surface area (Å²) in [7, 11) is 1.48. The monoisotopic (exact) mass is 318 g/mol. The van der Waals surface area contributed by atoms with Gasteiger partial charge < -0.3 is 15.0 Å². The van der Waals surface area contributed by atoms with Crippen molar-refractivity contribution >= 4 is 18.2 Å². The molecule has 1 heterocycles. The molecule has 0 fully saturated rings. The maximum absolute atomic E-state index is 12.9. The molecule has 0 atom stereocenters. The van der Waals surface area contributed by atoms with E-state index in [-0.39, 0.29) is 18.8 Å². The first-order chi connectivity index (χ1) is 10.1. The van der Waals surface area contributed by atoms with Crippen molar-refractivity contribution in [2.24, 2.45) is 7.05 Å². The van der Waals surface area contributed by atoms with Crippen molar-refractivity contribution in [3.63, 3.8) is 0 Å². The minimum absolute atomic E-state index is 0.0125. The summed E-state index contributed by atoms with van der Waals surface area (Å²) in [6.07, 6.45) is -1.70. The highest BCUT2D eigenvalue weighted by Gasteiger charge is 2.22.